The molecule has 1 amide bonds. The summed E-state index contributed by atoms with van der Waals surface area (Å²) in [6.45, 7) is 4.51. The zero-order chi connectivity index (χ0) is 17.8. The van der Waals surface area contributed by atoms with Crippen molar-refractivity contribution in [1.29, 1.82) is 0 Å². The van der Waals surface area contributed by atoms with E-state index in [0.717, 1.165) is 27.8 Å². The number of carbonyl (C=O) groups excluding carboxylic acids is 1. The zero-order valence-electron chi connectivity index (χ0n) is 14.4. The largest absolute Gasteiger partial charge is 0.395 e. The monoisotopic (exact) mass is 338 g/mol. The summed E-state index contributed by atoms with van der Waals surface area (Å²) in [5.74, 6) is 0.452. The Kier molecular flexibility index (Phi) is 5.00. The third kappa shape index (κ3) is 3.80. The number of amides is 1. The van der Waals surface area contributed by atoms with E-state index in [1.807, 2.05) is 60.9 Å². The predicted molar refractivity (Wildman–Crippen MR) is 99.9 cm³/mol. The normalized spacial score (nSPS) is 10.8. The smallest absolute Gasteiger partial charge is 0.244 e. The first-order chi connectivity index (χ1) is 12.1. The molecule has 0 fully saturated rings. The maximum atomic E-state index is 12.5. The molecule has 0 saturated heterocycles. The van der Waals surface area contributed by atoms with E-state index in [1.54, 1.807) is 0 Å². The van der Waals surface area contributed by atoms with E-state index in [4.69, 9.17) is 5.11 Å². The van der Waals surface area contributed by atoms with Crippen molar-refractivity contribution in [2.45, 2.75) is 20.4 Å². The first-order valence-electron chi connectivity index (χ1n) is 8.25. The Morgan fingerprint density at radius 3 is 2.76 bits per heavy atom. The summed E-state index contributed by atoms with van der Waals surface area (Å²) in [5.41, 5.74) is 4.68. The molecule has 2 aromatic carbocycles. The number of fused-ring (bicyclic) bond motifs is 1. The fraction of sp³-hybridized carbons (Fsp3) is 0.263. The number of anilines is 2. The van der Waals surface area contributed by atoms with Crippen LogP contribution in [0.5, 0.6) is 0 Å². The summed E-state index contributed by atoms with van der Waals surface area (Å²) in [6.07, 6.45) is 0. The lowest BCUT2D eigenvalue weighted by Gasteiger charge is -2.12. The molecule has 3 N–H and O–H groups in total. The minimum Gasteiger partial charge on any atom is -0.395 e. The van der Waals surface area contributed by atoms with Crippen LogP contribution in [0.2, 0.25) is 0 Å². The number of aliphatic hydroxyl groups is 1. The first-order valence-corrected chi connectivity index (χ1v) is 8.25. The Bertz CT molecular complexity index is 902. The van der Waals surface area contributed by atoms with E-state index in [-0.39, 0.29) is 19.1 Å². The van der Waals surface area contributed by atoms with Crippen LogP contribution in [0.4, 0.5) is 11.6 Å². The van der Waals surface area contributed by atoms with Crippen LogP contribution in [0.25, 0.3) is 11.0 Å². The maximum absolute atomic E-state index is 12.5. The van der Waals surface area contributed by atoms with Gasteiger partial charge in [0, 0.05) is 12.2 Å². The van der Waals surface area contributed by atoms with Gasteiger partial charge < -0.3 is 20.3 Å². The molecule has 6 heteroatoms. The molecule has 3 rings (SSSR count). The Labute approximate surface area is 146 Å². The number of hydrogen-bond donors (Lipinski definition) is 3. The van der Waals surface area contributed by atoms with E-state index in [1.165, 1.54) is 0 Å². The van der Waals surface area contributed by atoms with Gasteiger partial charge in [-0.1, -0.05) is 29.8 Å². The molecule has 0 atom stereocenters. The highest BCUT2D eigenvalue weighted by Gasteiger charge is 2.14. The Hall–Kier alpha value is -2.86. The molecule has 0 bridgehead atoms. The number of hydrogen-bond acceptors (Lipinski definition) is 4. The molecule has 1 heterocycles. The van der Waals surface area contributed by atoms with Crippen molar-refractivity contribution in [3.63, 3.8) is 0 Å². The molecule has 25 heavy (non-hydrogen) atoms. The van der Waals surface area contributed by atoms with Crippen molar-refractivity contribution >= 4 is 28.6 Å². The van der Waals surface area contributed by atoms with E-state index in [0.29, 0.717) is 12.5 Å². The third-order valence-electron chi connectivity index (χ3n) is 4.01. The van der Waals surface area contributed by atoms with Crippen LogP contribution < -0.4 is 10.6 Å². The predicted octanol–water partition coefficient (Wildman–Crippen LogP) is 2.70. The van der Waals surface area contributed by atoms with Crippen molar-refractivity contribution in [1.82, 2.24) is 9.55 Å². The Morgan fingerprint density at radius 2 is 2.00 bits per heavy atom. The summed E-state index contributed by atoms with van der Waals surface area (Å²) in [5, 5.41) is 15.1. The average molecular weight is 338 g/mol. The molecule has 0 radical (unpaired) electrons. The standard InChI is InChI=1S/C19H22N4O2/c1-13-7-8-15(14(2)11-13)21-18(25)12-23-17-6-4-3-5-16(17)22-19(23)20-9-10-24/h3-8,11,24H,9-10,12H2,1-2H3,(H,20,22)(H,21,25). The number of nitrogens with zero attached hydrogens (tertiary/aromatic N) is 2. The van der Waals surface area contributed by atoms with E-state index in [9.17, 15) is 4.79 Å². The van der Waals surface area contributed by atoms with Crippen molar-refractivity contribution in [2.24, 2.45) is 0 Å². The number of aliphatic hydroxyl groups excluding tert-OH is 1. The van der Waals surface area contributed by atoms with Gasteiger partial charge in [-0.2, -0.15) is 0 Å². The summed E-state index contributed by atoms with van der Waals surface area (Å²) < 4.78 is 1.82. The molecule has 1 aromatic heterocycles. The SMILES string of the molecule is Cc1ccc(NC(=O)Cn2c(NCCO)nc3ccccc32)c(C)c1. The van der Waals surface area contributed by atoms with Crippen LogP contribution in [0, 0.1) is 13.8 Å². The highest BCUT2D eigenvalue weighted by molar-refractivity contribution is 5.93. The minimum absolute atomic E-state index is 0.00202. The highest BCUT2D eigenvalue weighted by atomic mass is 16.3. The van der Waals surface area contributed by atoms with Crippen LogP contribution in [-0.4, -0.2) is 33.7 Å². The lowest BCUT2D eigenvalue weighted by molar-refractivity contribution is -0.116. The number of rotatable bonds is 6. The van der Waals surface area contributed by atoms with Gasteiger partial charge in [-0.25, -0.2) is 4.98 Å². The number of aromatic nitrogens is 2. The van der Waals surface area contributed by atoms with E-state index >= 15 is 0 Å². The molecule has 0 spiro atoms. The molecular weight excluding hydrogens is 316 g/mol. The molecule has 130 valence electrons. The van der Waals surface area contributed by atoms with Gasteiger partial charge in [0.15, 0.2) is 0 Å². The van der Waals surface area contributed by atoms with Crippen molar-refractivity contribution in [2.75, 3.05) is 23.8 Å². The second-order valence-corrected chi connectivity index (χ2v) is 6.03. The van der Waals surface area contributed by atoms with Gasteiger partial charge in [0.25, 0.3) is 0 Å². The van der Waals surface area contributed by atoms with Gasteiger partial charge in [-0.05, 0) is 37.6 Å². The van der Waals surface area contributed by atoms with Gasteiger partial charge in [-0.15, -0.1) is 0 Å². The van der Waals surface area contributed by atoms with Gasteiger partial charge in [0.2, 0.25) is 11.9 Å². The number of benzene rings is 2. The van der Waals surface area contributed by atoms with Crippen LogP contribution in [-0.2, 0) is 11.3 Å². The lowest BCUT2D eigenvalue weighted by Crippen LogP contribution is -2.21. The van der Waals surface area contributed by atoms with Crippen molar-refractivity contribution in [3.05, 3.63) is 53.6 Å². The van der Waals surface area contributed by atoms with Crippen molar-refractivity contribution in [3.8, 4) is 0 Å². The zero-order valence-corrected chi connectivity index (χ0v) is 14.4. The fourth-order valence-electron chi connectivity index (χ4n) is 2.83. The van der Waals surface area contributed by atoms with Crippen LogP contribution >= 0.6 is 0 Å². The Morgan fingerprint density at radius 1 is 1.20 bits per heavy atom. The lowest BCUT2D eigenvalue weighted by atomic mass is 10.1. The molecule has 3 aromatic rings. The number of aryl methyl sites for hydroxylation is 2. The number of imidazole rings is 1. The molecule has 0 aliphatic heterocycles. The molecule has 0 aliphatic rings. The molecule has 0 saturated carbocycles. The van der Waals surface area contributed by atoms with Gasteiger partial charge in [-0.3, -0.25) is 4.79 Å². The molecule has 0 aliphatic carbocycles. The molecule has 6 nitrogen and oxygen atoms in total. The molecule has 0 unspecified atom stereocenters. The topological polar surface area (TPSA) is 79.2 Å². The number of nitrogens with one attached hydrogen (secondary N) is 2. The first kappa shape index (κ1) is 17.0. The Balaban J connectivity index is 1.84. The number of para-hydroxylation sites is 2. The quantitative estimate of drug-likeness (QED) is 0.646. The third-order valence-corrected chi connectivity index (χ3v) is 4.01. The summed E-state index contributed by atoms with van der Waals surface area (Å²) in [7, 11) is 0. The van der Waals surface area contributed by atoms with E-state index in [2.05, 4.69) is 15.6 Å². The average Bonchev–Trinajstić information content (AvgIpc) is 2.93. The summed E-state index contributed by atoms with van der Waals surface area (Å²) >= 11 is 0. The second kappa shape index (κ2) is 7.36. The molecular formula is C19H22N4O2. The van der Waals surface area contributed by atoms with E-state index < -0.39 is 0 Å². The highest BCUT2D eigenvalue weighted by Crippen LogP contribution is 2.20. The van der Waals surface area contributed by atoms with Gasteiger partial charge >= 0.3 is 0 Å². The number of carbonyl (C=O) groups is 1. The maximum Gasteiger partial charge on any atom is 0.244 e. The summed E-state index contributed by atoms with van der Waals surface area (Å²) in [4.78, 5) is 17.0. The summed E-state index contributed by atoms with van der Waals surface area (Å²) in [6, 6.07) is 13.6. The van der Waals surface area contributed by atoms with Crippen LogP contribution in [0.15, 0.2) is 42.5 Å². The van der Waals surface area contributed by atoms with Gasteiger partial charge in [0.1, 0.15) is 6.54 Å². The van der Waals surface area contributed by atoms with Crippen molar-refractivity contribution < 1.29 is 9.90 Å². The minimum atomic E-state index is -0.123. The van der Waals surface area contributed by atoms with Gasteiger partial charge in [0.05, 0.1) is 17.6 Å². The fourth-order valence-corrected chi connectivity index (χ4v) is 2.83. The second-order valence-electron chi connectivity index (χ2n) is 6.03. The van der Waals surface area contributed by atoms with Crippen LogP contribution in [0.3, 0.4) is 0 Å². The van der Waals surface area contributed by atoms with Crippen LogP contribution in [0.1, 0.15) is 11.1 Å².